The smallest absolute Gasteiger partial charge is 0.210 e. The average molecular weight is 620 g/mol. The number of rotatable bonds is 14. The maximum Gasteiger partial charge on any atom is 0.210 e. The van der Waals surface area contributed by atoms with Crippen LogP contribution in [0.1, 0.15) is 79.1 Å². The molecule has 2 unspecified atom stereocenters. The van der Waals surface area contributed by atoms with E-state index in [0.717, 1.165) is 42.5 Å². The zero-order valence-electron chi connectivity index (χ0n) is 26.5. The largest absolute Gasteiger partial charge is 0.356 e. The highest BCUT2D eigenvalue weighted by molar-refractivity contribution is 7.93. The number of benzene rings is 1. The first-order valence-corrected chi connectivity index (χ1v) is 21.9. The summed E-state index contributed by atoms with van der Waals surface area (Å²) in [4.78, 5) is 4.43. The number of aromatic nitrogens is 1. The Morgan fingerprint density at radius 3 is 2.71 bits per heavy atom. The van der Waals surface area contributed by atoms with E-state index in [4.69, 9.17) is 9.47 Å². The maximum absolute atomic E-state index is 13.2. The van der Waals surface area contributed by atoms with E-state index in [1.165, 1.54) is 48.6 Å². The van der Waals surface area contributed by atoms with Gasteiger partial charge in [-0.15, -0.1) is 11.3 Å². The number of hydrogen-bond acceptors (Lipinski definition) is 6. The van der Waals surface area contributed by atoms with Crippen molar-refractivity contribution in [2.24, 2.45) is 23.2 Å². The molecule has 1 aromatic carbocycles. The van der Waals surface area contributed by atoms with Crippen molar-refractivity contribution in [2.75, 3.05) is 19.2 Å². The molecule has 0 radical (unpaired) electrons. The Morgan fingerprint density at radius 1 is 1.22 bits per heavy atom. The Hall–Kier alpha value is -1.06. The number of sulfone groups is 1. The predicted octanol–water partition coefficient (Wildman–Crippen LogP) is 9.13. The van der Waals surface area contributed by atoms with Crippen molar-refractivity contribution >= 4 is 39.5 Å². The van der Waals surface area contributed by atoms with Crippen LogP contribution < -0.4 is 0 Å². The highest BCUT2D eigenvalue weighted by atomic mass is 32.2. The van der Waals surface area contributed by atoms with E-state index in [0.29, 0.717) is 24.5 Å². The van der Waals surface area contributed by atoms with Crippen LogP contribution in [0.4, 0.5) is 0 Å². The average Bonchev–Trinajstić information content (AvgIpc) is 3.48. The zero-order chi connectivity index (χ0) is 29.9. The van der Waals surface area contributed by atoms with Crippen LogP contribution in [0.2, 0.25) is 25.7 Å². The molecule has 2 fully saturated rings. The van der Waals surface area contributed by atoms with Crippen LogP contribution in [0.15, 0.2) is 40.3 Å². The quantitative estimate of drug-likeness (QED) is 0.0913. The summed E-state index contributed by atoms with van der Waals surface area (Å²) in [5, 5.41) is 0. The molecule has 8 heteroatoms. The normalized spacial score (nSPS) is 25.6. The standard InChI is InChI=1S/C33H53NO4S2Si/c1-25(12-10-19-32(2,3)38-24-37-21-23-41(5,6)7)27-16-17-28-26(13-11-20-33(27,28)4)18-22-40(35,36)31-34-29-14-8-9-15-30(29)39-31/h8-9,14-15,18,25,27-28H,10-13,16-17,19-24H2,1-7H3/b26-18+/t25-,27?,28?,33-/m1/s1. The fourth-order valence-corrected chi connectivity index (χ4v) is 10.5. The minimum absolute atomic E-state index is 0.0614. The molecule has 2 saturated carbocycles. The van der Waals surface area contributed by atoms with Gasteiger partial charge in [-0.3, -0.25) is 0 Å². The van der Waals surface area contributed by atoms with E-state index >= 15 is 0 Å². The molecule has 0 bridgehead atoms. The van der Waals surface area contributed by atoms with Crippen LogP contribution in [0.3, 0.4) is 0 Å². The highest BCUT2D eigenvalue weighted by Gasteiger charge is 2.50. The summed E-state index contributed by atoms with van der Waals surface area (Å²) in [6, 6.07) is 8.83. The van der Waals surface area contributed by atoms with Gasteiger partial charge in [0, 0.05) is 14.7 Å². The zero-order valence-corrected chi connectivity index (χ0v) is 29.1. The monoisotopic (exact) mass is 619 g/mol. The second-order valence-corrected chi connectivity index (χ2v) is 23.6. The van der Waals surface area contributed by atoms with Gasteiger partial charge in [0.25, 0.3) is 0 Å². The van der Waals surface area contributed by atoms with Crippen LogP contribution in [-0.2, 0) is 19.3 Å². The molecule has 1 heterocycles. The van der Waals surface area contributed by atoms with Gasteiger partial charge >= 0.3 is 0 Å². The molecule has 5 nitrogen and oxygen atoms in total. The van der Waals surface area contributed by atoms with Gasteiger partial charge in [0.15, 0.2) is 0 Å². The van der Waals surface area contributed by atoms with E-state index in [1.54, 1.807) is 0 Å². The SMILES string of the molecule is C[C@H](CCCC(C)(C)OCOCC[Si](C)(C)C)C1CCC2/C(=C/CS(=O)(=O)c3nc4ccccc4s3)CCC[C@@]21C. The first-order chi connectivity index (χ1) is 19.2. The summed E-state index contributed by atoms with van der Waals surface area (Å²) >= 11 is 1.29. The molecular weight excluding hydrogens is 567 g/mol. The lowest BCUT2D eigenvalue weighted by atomic mass is 9.61. The molecule has 41 heavy (non-hydrogen) atoms. The number of para-hydroxylation sites is 1. The van der Waals surface area contributed by atoms with Crippen LogP contribution in [0.25, 0.3) is 10.2 Å². The van der Waals surface area contributed by atoms with Gasteiger partial charge in [0.05, 0.1) is 21.6 Å². The number of fused-ring (bicyclic) bond motifs is 2. The van der Waals surface area contributed by atoms with Gasteiger partial charge in [0.2, 0.25) is 14.2 Å². The van der Waals surface area contributed by atoms with Gasteiger partial charge in [0.1, 0.15) is 6.79 Å². The summed E-state index contributed by atoms with van der Waals surface area (Å²) in [5.41, 5.74) is 2.24. The molecule has 2 aliphatic rings. The fourth-order valence-electron chi connectivity index (χ4n) is 7.29. The Kier molecular flexibility index (Phi) is 10.6. The van der Waals surface area contributed by atoms with Gasteiger partial charge < -0.3 is 9.47 Å². The van der Waals surface area contributed by atoms with Crippen molar-refractivity contribution in [1.29, 1.82) is 0 Å². The topological polar surface area (TPSA) is 65.5 Å². The Bertz CT molecular complexity index is 1260. The van der Waals surface area contributed by atoms with E-state index < -0.39 is 17.9 Å². The lowest BCUT2D eigenvalue weighted by Crippen LogP contribution is -2.36. The van der Waals surface area contributed by atoms with Crippen molar-refractivity contribution in [3.05, 3.63) is 35.9 Å². The van der Waals surface area contributed by atoms with Crippen molar-refractivity contribution in [2.45, 2.75) is 115 Å². The lowest BCUT2D eigenvalue weighted by molar-refractivity contribution is -0.128. The molecule has 4 atom stereocenters. The first kappa shape index (κ1) is 32.8. The maximum atomic E-state index is 13.2. The van der Waals surface area contributed by atoms with E-state index in [1.807, 2.05) is 24.3 Å². The second-order valence-electron chi connectivity index (χ2n) is 14.7. The van der Waals surface area contributed by atoms with Gasteiger partial charge in [-0.25, -0.2) is 13.4 Å². The summed E-state index contributed by atoms with van der Waals surface area (Å²) in [6.45, 7) is 17.6. The molecule has 4 rings (SSSR count). The van der Waals surface area contributed by atoms with Crippen LogP contribution >= 0.6 is 11.3 Å². The third kappa shape index (κ3) is 8.53. The molecule has 0 aliphatic heterocycles. The molecule has 0 amide bonds. The lowest BCUT2D eigenvalue weighted by Gasteiger charge is -2.44. The minimum atomic E-state index is -3.43. The van der Waals surface area contributed by atoms with Crippen molar-refractivity contribution < 1.29 is 17.9 Å². The Morgan fingerprint density at radius 2 is 1.98 bits per heavy atom. The molecule has 0 saturated heterocycles. The van der Waals surface area contributed by atoms with E-state index in [2.05, 4.69) is 58.4 Å². The molecule has 230 valence electrons. The number of hydrogen-bond donors (Lipinski definition) is 0. The molecular formula is C33H53NO4S2Si. The van der Waals surface area contributed by atoms with Crippen LogP contribution in [0, 0.1) is 23.2 Å². The third-order valence-corrected chi connectivity index (χ3v) is 14.6. The summed E-state index contributed by atoms with van der Waals surface area (Å²) in [7, 11) is -4.50. The second kappa shape index (κ2) is 13.3. The Balaban J connectivity index is 1.29. The van der Waals surface area contributed by atoms with Crippen molar-refractivity contribution in [3.8, 4) is 0 Å². The number of allylic oxidation sites excluding steroid dienone is 1. The summed E-state index contributed by atoms with van der Waals surface area (Å²) in [6.07, 6.45) is 11.3. The molecule has 2 aromatic rings. The van der Waals surface area contributed by atoms with E-state index in [9.17, 15) is 8.42 Å². The van der Waals surface area contributed by atoms with Gasteiger partial charge in [-0.1, -0.05) is 70.1 Å². The molecule has 1 aromatic heterocycles. The summed E-state index contributed by atoms with van der Waals surface area (Å²) < 4.78 is 39.5. The first-order valence-electron chi connectivity index (χ1n) is 15.7. The van der Waals surface area contributed by atoms with Gasteiger partial charge in [-0.2, -0.15) is 0 Å². The number of nitrogens with zero attached hydrogens (tertiary/aromatic N) is 1. The van der Waals surface area contributed by atoms with Gasteiger partial charge in [-0.05, 0) is 93.7 Å². The van der Waals surface area contributed by atoms with E-state index in [-0.39, 0.29) is 21.1 Å². The fraction of sp³-hybridized carbons (Fsp3) is 0.727. The number of ether oxygens (including phenoxy) is 2. The summed E-state index contributed by atoms with van der Waals surface area (Å²) in [5.74, 6) is 1.90. The predicted molar refractivity (Wildman–Crippen MR) is 175 cm³/mol. The van der Waals surface area contributed by atoms with Crippen molar-refractivity contribution in [3.63, 3.8) is 0 Å². The molecule has 2 aliphatic carbocycles. The van der Waals surface area contributed by atoms with Crippen LogP contribution in [-0.4, -0.2) is 46.2 Å². The van der Waals surface area contributed by atoms with Crippen LogP contribution in [0.5, 0.6) is 0 Å². The molecule has 0 spiro atoms. The Labute approximate surface area is 254 Å². The third-order valence-electron chi connectivity index (χ3n) is 9.80. The highest BCUT2D eigenvalue weighted by Crippen LogP contribution is 2.60. The van der Waals surface area contributed by atoms with Crippen molar-refractivity contribution in [1.82, 2.24) is 4.98 Å². The molecule has 0 N–H and O–H groups in total. The number of thiazole rings is 1. The minimum Gasteiger partial charge on any atom is -0.356 e.